The monoisotopic (exact) mass is 287 g/mol. The van der Waals surface area contributed by atoms with Crippen molar-refractivity contribution in [1.29, 1.82) is 0 Å². The second-order valence-electron chi connectivity index (χ2n) is 4.24. The van der Waals surface area contributed by atoms with Gasteiger partial charge in [-0.1, -0.05) is 0 Å². The van der Waals surface area contributed by atoms with E-state index < -0.39 is 23.9 Å². The maximum absolute atomic E-state index is 12.4. The lowest BCUT2D eigenvalue weighted by atomic mass is 10.3. The number of nitrogens with zero attached hydrogens (tertiary/aromatic N) is 3. The molecule has 0 aliphatic heterocycles. The average Bonchev–Trinajstić information content (AvgIpc) is 2.95. The molecule has 0 fully saturated rings. The van der Waals surface area contributed by atoms with Crippen LogP contribution in [0.2, 0.25) is 0 Å². The predicted molar refractivity (Wildman–Crippen MR) is 62.7 cm³/mol. The van der Waals surface area contributed by atoms with E-state index in [-0.39, 0.29) is 5.82 Å². The maximum Gasteiger partial charge on any atom is 0.453 e. The Morgan fingerprint density at radius 3 is 2.70 bits per heavy atom. The molecular formula is C11H12F3N5O. The summed E-state index contributed by atoms with van der Waals surface area (Å²) in [6, 6.07) is 2.57. The second-order valence-corrected chi connectivity index (χ2v) is 4.24. The standard InChI is InChI=1S/C11H12F3N5O/c1-6(8-16-10(18-17-8)11(12,13)14)15-9(20)7-4-3-5-19(7)2/h3-6H,1-2H3,(H,15,20)(H,16,17,18). The maximum atomic E-state index is 12.4. The molecule has 20 heavy (non-hydrogen) atoms. The van der Waals surface area contributed by atoms with E-state index in [1.54, 1.807) is 29.9 Å². The Bertz CT molecular complexity index is 616. The second kappa shape index (κ2) is 4.99. The van der Waals surface area contributed by atoms with Gasteiger partial charge in [0, 0.05) is 13.2 Å². The van der Waals surface area contributed by atoms with Gasteiger partial charge in [-0.05, 0) is 19.1 Å². The van der Waals surface area contributed by atoms with Crippen LogP contribution in [0, 0.1) is 0 Å². The Labute approximate surface area is 112 Å². The van der Waals surface area contributed by atoms with Crippen LogP contribution in [0.15, 0.2) is 18.3 Å². The molecule has 0 radical (unpaired) electrons. The number of carbonyl (C=O) groups excluding carboxylic acids is 1. The van der Waals surface area contributed by atoms with Crippen molar-refractivity contribution in [2.45, 2.75) is 19.1 Å². The Kier molecular flexibility index (Phi) is 3.51. The van der Waals surface area contributed by atoms with Crippen LogP contribution in [0.25, 0.3) is 0 Å². The van der Waals surface area contributed by atoms with Gasteiger partial charge in [-0.25, -0.2) is 4.98 Å². The molecular weight excluding hydrogens is 275 g/mol. The van der Waals surface area contributed by atoms with E-state index >= 15 is 0 Å². The lowest BCUT2D eigenvalue weighted by Gasteiger charge is -2.11. The molecule has 2 heterocycles. The molecule has 2 N–H and O–H groups in total. The van der Waals surface area contributed by atoms with Crippen molar-refractivity contribution in [3.63, 3.8) is 0 Å². The number of hydrogen-bond acceptors (Lipinski definition) is 3. The number of rotatable bonds is 3. The molecule has 0 saturated carbocycles. The van der Waals surface area contributed by atoms with Crippen LogP contribution in [-0.2, 0) is 13.2 Å². The van der Waals surface area contributed by atoms with E-state index in [1.165, 1.54) is 6.92 Å². The average molecular weight is 287 g/mol. The van der Waals surface area contributed by atoms with E-state index in [0.29, 0.717) is 5.69 Å². The molecule has 2 rings (SSSR count). The number of amides is 1. The molecule has 1 atom stereocenters. The molecule has 0 aromatic carbocycles. The third-order valence-electron chi connectivity index (χ3n) is 2.69. The van der Waals surface area contributed by atoms with Crippen LogP contribution in [-0.4, -0.2) is 25.7 Å². The highest BCUT2D eigenvalue weighted by Gasteiger charge is 2.36. The lowest BCUT2D eigenvalue weighted by molar-refractivity contribution is -0.144. The molecule has 2 aromatic heterocycles. The number of aromatic nitrogens is 4. The Balaban J connectivity index is 2.09. The molecule has 2 aromatic rings. The van der Waals surface area contributed by atoms with Gasteiger partial charge >= 0.3 is 6.18 Å². The molecule has 0 aliphatic rings. The van der Waals surface area contributed by atoms with Crippen LogP contribution in [0.1, 0.15) is 35.1 Å². The summed E-state index contributed by atoms with van der Waals surface area (Å²) in [6.45, 7) is 1.52. The minimum absolute atomic E-state index is 0.0557. The quantitative estimate of drug-likeness (QED) is 0.901. The number of alkyl halides is 3. The van der Waals surface area contributed by atoms with Crippen molar-refractivity contribution >= 4 is 5.91 Å². The number of nitrogens with one attached hydrogen (secondary N) is 2. The highest BCUT2D eigenvalue weighted by Crippen LogP contribution is 2.26. The first kappa shape index (κ1) is 14.1. The zero-order valence-electron chi connectivity index (χ0n) is 10.7. The SMILES string of the molecule is CC(NC(=O)c1cccn1C)c1nc(C(F)(F)F)n[nH]1. The highest BCUT2D eigenvalue weighted by atomic mass is 19.4. The highest BCUT2D eigenvalue weighted by molar-refractivity contribution is 5.92. The van der Waals surface area contributed by atoms with Crippen LogP contribution in [0.5, 0.6) is 0 Å². The predicted octanol–water partition coefficient (Wildman–Crippen LogP) is 1.65. The topological polar surface area (TPSA) is 75.6 Å². The summed E-state index contributed by atoms with van der Waals surface area (Å²) in [5.74, 6) is -1.72. The first-order chi connectivity index (χ1) is 9.29. The van der Waals surface area contributed by atoms with Gasteiger partial charge in [-0.15, -0.1) is 5.10 Å². The van der Waals surface area contributed by atoms with E-state index in [9.17, 15) is 18.0 Å². The van der Waals surface area contributed by atoms with Crippen LogP contribution in [0.3, 0.4) is 0 Å². The summed E-state index contributed by atoms with van der Waals surface area (Å²) < 4.78 is 38.7. The molecule has 0 bridgehead atoms. The number of H-pyrrole nitrogens is 1. The van der Waals surface area contributed by atoms with Crippen molar-refractivity contribution < 1.29 is 18.0 Å². The fourth-order valence-electron chi connectivity index (χ4n) is 1.63. The minimum atomic E-state index is -4.61. The van der Waals surface area contributed by atoms with Crippen molar-refractivity contribution in [3.8, 4) is 0 Å². The summed E-state index contributed by atoms with van der Waals surface area (Å²) in [7, 11) is 1.69. The zero-order valence-corrected chi connectivity index (χ0v) is 10.7. The normalized spacial score (nSPS) is 13.2. The number of halogens is 3. The van der Waals surface area contributed by atoms with Gasteiger partial charge in [-0.2, -0.15) is 13.2 Å². The van der Waals surface area contributed by atoms with Gasteiger partial charge in [0.15, 0.2) is 0 Å². The lowest BCUT2D eigenvalue weighted by Crippen LogP contribution is -2.28. The molecule has 9 heteroatoms. The van der Waals surface area contributed by atoms with E-state index in [0.717, 1.165) is 0 Å². The molecule has 1 unspecified atom stereocenters. The van der Waals surface area contributed by atoms with Crippen molar-refractivity contribution in [3.05, 3.63) is 35.7 Å². The number of aromatic amines is 1. The van der Waals surface area contributed by atoms with Crippen molar-refractivity contribution in [2.75, 3.05) is 0 Å². The Hall–Kier alpha value is -2.32. The summed E-state index contributed by atoms with van der Waals surface area (Å²) in [4.78, 5) is 15.2. The van der Waals surface area contributed by atoms with Gasteiger partial charge in [0.25, 0.3) is 11.7 Å². The first-order valence-electron chi connectivity index (χ1n) is 5.70. The molecule has 1 amide bonds. The van der Waals surface area contributed by atoms with E-state index in [4.69, 9.17) is 0 Å². The Morgan fingerprint density at radius 2 is 2.20 bits per heavy atom. The summed E-state index contributed by atoms with van der Waals surface area (Å²) in [5.41, 5.74) is 0.396. The molecule has 108 valence electrons. The number of carbonyl (C=O) groups is 1. The largest absolute Gasteiger partial charge is 0.453 e. The van der Waals surface area contributed by atoms with Gasteiger partial charge < -0.3 is 9.88 Å². The fourth-order valence-corrected chi connectivity index (χ4v) is 1.63. The van der Waals surface area contributed by atoms with Gasteiger partial charge in [0.2, 0.25) is 0 Å². The molecule has 0 spiro atoms. The van der Waals surface area contributed by atoms with E-state index in [2.05, 4.69) is 20.5 Å². The van der Waals surface area contributed by atoms with Crippen molar-refractivity contribution in [1.82, 2.24) is 25.1 Å². The van der Waals surface area contributed by atoms with Crippen molar-refractivity contribution in [2.24, 2.45) is 7.05 Å². The van der Waals surface area contributed by atoms with Crippen LogP contribution < -0.4 is 5.32 Å². The van der Waals surface area contributed by atoms with E-state index in [1.807, 2.05) is 0 Å². The van der Waals surface area contributed by atoms with Crippen LogP contribution in [0.4, 0.5) is 13.2 Å². The summed E-state index contributed by atoms with van der Waals surface area (Å²) in [6.07, 6.45) is -2.92. The smallest absolute Gasteiger partial charge is 0.347 e. The molecule has 0 saturated heterocycles. The number of aryl methyl sites for hydroxylation is 1. The van der Waals surface area contributed by atoms with Gasteiger partial charge in [0.1, 0.15) is 11.5 Å². The number of hydrogen-bond donors (Lipinski definition) is 2. The third-order valence-corrected chi connectivity index (χ3v) is 2.69. The summed E-state index contributed by atoms with van der Waals surface area (Å²) >= 11 is 0. The molecule has 6 nitrogen and oxygen atoms in total. The summed E-state index contributed by atoms with van der Waals surface area (Å²) in [5, 5.41) is 7.80. The van der Waals surface area contributed by atoms with Gasteiger partial charge in [0.05, 0.1) is 6.04 Å². The minimum Gasteiger partial charge on any atom is -0.347 e. The zero-order chi connectivity index (χ0) is 14.9. The van der Waals surface area contributed by atoms with Gasteiger partial charge in [-0.3, -0.25) is 9.89 Å². The van der Waals surface area contributed by atoms with Crippen LogP contribution >= 0.6 is 0 Å². The Morgan fingerprint density at radius 1 is 1.50 bits per heavy atom. The fraction of sp³-hybridized carbons (Fsp3) is 0.364. The molecule has 0 aliphatic carbocycles. The first-order valence-corrected chi connectivity index (χ1v) is 5.70. The third kappa shape index (κ3) is 2.81.